The van der Waals surface area contributed by atoms with E-state index < -0.39 is 11.5 Å². The van der Waals surface area contributed by atoms with E-state index in [1.807, 2.05) is 63.2 Å². The predicted molar refractivity (Wildman–Crippen MR) is 105 cm³/mol. The molecule has 2 atom stereocenters. The third-order valence-corrected chi connectivity index (χ3v) is 4.30. The number of hydrogen-bond acceptors (Lipinski definition) is 2. The molecule has 0 aliphatic heterocycles. The number of rotatable bonds is 5. The number of amides is 2. The molecule has 0 fully saturated rings. The molecule has 138 valence electrons. The topological polar surface area (TPSA) is 58.2 Å². The Kier molecular flexibility index (Phi) is 6.43. The van der Waals surface area contributed by atoms with Gasteiger partial charge in [-0.25, -0.2) is 0 Å². The Balaban J connectivity index is 2.20. The summed E-state index contributed by atoms with van der Waals surface area (Å²) in [5, 5.41) is 6.43. The summed E-state index contributed by atoms with van der Waals surface area (Å²) in [5.74, 6) is -0.408. The quantitative estimate of drug-likeness (QED) is 0.830. The standard InChI is InChI=1S/C21H25ClN2O2/c1-14(23-20(26)21(2,3)4)19(25)24-18(15-8-6-5-7-9-15)16-10-12-17(22)13-11-16/h5-14,18H,1-4H3,(H,23,26)(H,24,25). The number of carbonyl (C=O) groups is 2. The molecule has 2 amide bonds. The molecule has 0 saturated carbocycles. The minimum Gasteiger partial charge on any atom is -0.344 e. The Hall–Kier alpha value is -2.33. The summed E-state index contributed by atoms with van der Waals surface area (Å²) in [4.78, 5) is 24.8. The lowest BCUT2D eigenvalue weighted by atomic mass is 9.95. The van der Waals surface area contributed by atoms with Gasteiger partial charge in [-0.3, -0.25) is 9.59 Å². The van der Waals surface area contributed by atoms with E-state index >= 15 is 0 Å². The van der Waals surface area contributed by atoms with E-state index in [1.54, 1.807) is 19.1 Å². The van der Waals surface area contributed by atoms with Crippen LogP contribution in [0.15, 0.2) is 54.6 Å². The highest BCUT2D eigenvalue weighted by Crippen LogP contribution is 2.23. The monoisotopic (exact) mass is 372 g/mol. The minimum atomic E-state index is -0.639. The van der Waals surface area contributed by atoms with E-state index in [4.69, 9.17) is 11.6 Å². The summed E-state index contributed by atoms with van der Waals surface area (Å²) in [6.07, 6.45) is 0. The second kappa shape index (κ2) is 8.37. The van der Waals surface area contributed by atoms with Gasteiger partial charge in [0.25, 0.3) is 0 Å². The van der Waals surface area contributed by atoms with Gasteiger partial charge in [-0.05, 0) is 30.2 Å². The summed E-state index contributed by atoms with van der Waals surface area (Å²) in [6.45, 7) is 7.12. The predicted octanol–water partition coefficient (Wildman–Crippen LogP) is 4.10. The van der Waals surface area contributed by atoms with Crippen molar-refractivity contribution in [3.63, 3.8) is 0 Å². The molecule has 26 heavy (non-hydrogen) atoms. The molecule has 0 heterocycles. The zero-order valence-electron chi connectivity index (χ0n) is 15.5. The molecule has 0 aromatic heterocycles. The fraction of sp³-hybridized carbons (Fsp3) is 0.333. The van der Waals surface area contributed by atoms with E-state index in [2.05, 4.69) is 10.6 Å². The first-order valence-corrected chi connectivity index (χ1v) is 8.98. The van der Waals surface area contributed by atoms with Crippen LogP contribution in [-0.2, 0) is 9.59 Å². The van der Waals surface area contributed by atoms with Crippen molar-refractivity contribution in [2.45, 2.75) is 39.8 Å². The highest BCUT2D eigenvalue weighted by Gasteiger charge is 2.26. The molecule has 4 nitrogen and oxygen atoms in total. The van der Waals surface area contributed by atoms with Crippen LogP contribution in [-0.4, -0.2) is 17.9 Å². The molecule has 0 radical (unpaired) electrons. The first-order valence-electron chi connectivity index (χ1n) is 8.60. The summed E-state index contributed by atoms with van der Waals surface area (Å²) in [5.41, 5.74) is 1.32. The minimum absolute atomic E-state index is 0.164. The van der Waals surface area contributed by atoms with Crippen LogP contribution in [0.3, 0.4) is 0 Å². The molecule has 0 spiro atoms. The summed E-state index contributed by atoms with van der Waals surface area (Å²) in [6, 6.07) is 16.1. The van der Waals surface area contributed by atoms with Gasteiger partial charge in [0, 0.05) is 10.4 Å². The third kappa shape index (κ3) is 5.33. The van der Waals surface area contributed by atoms with Crippen molar-refractivity contribution in [1.29, 1.82) is 0 Å². The number of nitrogens with one attached hydrogen (secondary N) is 2. The second-order valence-electron chi connectivity index (χ2n) is 7.35. The van der Waals surface area contributed by atoms with Gasteiger partial charge in [0.15, 0.2) is 0 Å². The molecule has 0 bridgehead atoms. The van der Waals surface area contributed by atoms with Gasteiger partial charge in [-0.2, -0.15) is 0 Å². The Morgan fingerprint density at radius 2 is 1.42 bits per heavy atom. The normalized spacial score (nSPS) is 13.6. The number of hydrogen-bond donors (Lipinski definition) is 2. The van der Waals surface area contributed by atoms with Gasteiger partial charge in [0.05, 0.1) is 6.04 Å². The van der Waals surface area contributed by atoms with E-state index in [-0.39, 0.29) is 17.9 Å². The maximum Gasteiger partial charge on any atom is 0.243 e. The number of halogens is 1. The van der Waals surface area contributed by atoms with Crippen molar-refractivity contribution in [2.24, 2.45) is 5.41 Å². The Morgan fingerprint density at radius 3 is 1.96 bits per heavy atom. The van der Waals surface area contributed by atoms with E-state index in [1.165, 1.54) is 0 Å². The summed E-state index contributed by atoms with van der Waals surface area (Å²) >= 11 is 5.98. The van der Waals surface area contributed by atoms with Crippen molar-refractivity contribution in [3.8, 4) is 0 Å². The Labute approximate surface area is 159 Å². The van der Waals surface area contributed by atoms with E-state index in [0.717, 1.165) is 11.1 Å². The maximum atomic E-state index is 12.7. The maximum absolute atomic E-state index is 12.7. The highest BCUT2D eigenvalue weighted by atomic mass is 35.5. The Morgan fingerprint density at radius 1 is 0.885 bits per heavy atom. The molecule has 5 heteroatoms. The first kappa shape index (κ1) is 20.0. The molecule has 2 N–H and O–H groups in total. The van der Waals surface area contributed by atoms with Crippen molar-refractivity contribution >= 4 is 23.4 Å². The van der Waals surface area contributed by atoms with Gasteiger partial charge >= 0.3 is 0 Å². The molecular formula is C21H25ClN2O2. The third-order valence-electron chi connectivity index (χ3n) is 4.04. The zero-order chi connectivity index (χ0) is 19.3. The van der Waals surface area contributed by atoms with Crippen LogP contribution in [0.5, 0.6) is 0 Å². The highest BCUT2D eigenvalue weighted by molar-refractivity contribution is 6.30. The molecule has 0 saturated heterocycles. The molecule has 2 unspecified atom stereocenters. The lowest BCUT2D eigenvalue weighted by Gasteiger charge is -2.25. The number of carbonyl (C=O) groups excluding carboxylic acids is 2. The lowest BCUT2D eigenvalue weighted by Crippen LogP contribution is -2.49. The average molecular weight is 373 g/mol. The molecular weight excluding hydrogens is 348 g/mol. The van der Waals surface area contributed by atoms with Gasteiger partial charge in [0.1, 0.15) is 6.04 Å². The van der Waals surface area contributed by atoms with Crippen molar-refractivity contribution in [1.82, 2.24) is 10.6 Å². The average Bonchev–Trinajstić information content (AvgIpc) is 2.60. The molecule has 2 aromatic rings. The van der Waals surface area contributed by atoms with Crippen LogP contribution in [0.1, 0.15) is 44.9 Å². The van der Waals surface area contributed by atoms with Crippen LogP contribution < -0.4 is 10.6 Å². The summed E-state index contributed by atoms with van der Waals surface area (Å²) < 4.78 is 0. The summed E-state index contributed by atoms with van der Waals surface area (Å²) in [7, 11) is 0. The van der Waals surface area contributed by atoms with Gasteiger partial charge in [0.2, 0.25) is 11.8 Å². The lowest BCUT2D eigenvalue weighted by molar-refractivity contribution is -0.133. The SMILES string of the molecule is CC(NC(=O)C(C)(C)C)C(=O)NC(c1ccccc1)c1ccc(Cl)cc1. The van der Waals surface area contributed by atoms with Crippen LogP contribution >= 0.6 is 11.6 Å². The molecule has 0 aliphatic rings. The fourth-order valence-electron chi connectivity index (χ4n) is 2.41. The van der Waals surface area contributed by atoms with E-state index in [0.29, 0.717) is 5.02 Å². The fourth-order valence-corrected chi connectivity index (χ4v) is 2.53. The van der Waals surface area contributed by atoms with Crippen molar-refractivity contribution in [3.05, 3.63) is 70.7 Å². The molecule has 2 aromatic carbocycles. The van der Waals surface area contributed by atoms with Crippen molar-refractivity contribution in [2.75, 3.05) is 0 Å². The van der Waals surface area contributed by atoms with Crippen LogP contribution in [0.2, 0.25) is 5.02 Å². The van der Waals surface area contributed by atoms with E-state index in [9.17, 15) is 9.59 Å². The van der Waals surface area contributed by atoms with Gasteiger partial charge in [-0.15, -0.1) is 0 Å². The smallest absolute Gasteiger partial charge is 0.243 e. The van der Waals surface area contributed by atoms with Crippen LogP contribution in [0.4, 0.5) is 0 Å². The largest absolute Gasteiger partial charge is 0.344 e. The molecule has 2 rings (SSSR count). The van der Waals surface area contributed by atoms with Crippen molar-refractivity contribution < 1.29 is 9.59 Å². The van der Waals surface area contributed by atoms with Crippen LogP contribution in [0.25, 0.3) is 0 Å². The Bertz CT molecular complexity index is 752. The van der Waals surface area contributed by atoms with Gasteiger partial charge in [-0.1, -0.05) is 74.8 Å². The van der Waals surface area contributed by atoms with Crippen LogP contribution in [0, 0.1) is 5.41 Å². The number of benzene rings is 2. The van der Waals surface area contributed by atoms with Gasteiger partial charge < -0.3 is 10.6 Å². The molecule has 0 aliphatic carbocycles. The first-order chi connectivity index (χ1) is 12.2. The second-order valence-corrected chi connectivity index (χ2v) is 7.79. The zero-order valence-corrected chi connectivity index (χ0v) is 16.3.